The molecule has 1 aliphatic rings. The predicted octanol–water partition coefficient (Wildman–Crippen LogP) is 3.17. The molecule has 1 unspecified atom stereocenters. The van der Waals surface area contributed by atoms with Gasteiger partial charge < -0.3 is 4.74 Å². The highest BCUT2D eigenvalue weighted by Crippen LogP contribution is 2.36. The molecular formula is C15H24N2O. The lowest BCUT2D eigenvalue weighted by Gasteiger charge is -2.30. The van der Waals surface area contributed by atoms with Crippen molar-refractivity contribution in [1.29, 1.82) is 0 Å². The lowest BCUT2D eigenvalue weighted by Crippen LogP contribution is -2.31. The predicted molar refractivity (Wildman–Crippen MR) is 74.3 cm³/mol. The van der Waals surface area contributed by atoms with E-state index in [0.717, 1.165) is 31.1 Å². The number of benzene rings is 1. The van der Waals surface area contributed by atoms with Crippen molar-refractivity contribution in [3.8, 4) is 5.75 Å². The zero-order valence-corrected chi connectivity index (χ0v) is 11.2. The van der Waals surface area contributed by atoms with Crippen LogP contribution in [0.2, 0.25) is 0 Å². The monoisotopic (exact) mass is 248 g/mol. The van der Waals surface area contributed by atoms with Gasteiger partial charge in [-0.15, -0.1) is 0 Å². The number of hydrazine groups is 1. The first-order chi connectivity index (χ1) is 8.85. The molecule has 1 aliphatic carbocycles. The Balaban J connectivity index is 2.07. The van der Waals surface area contributed by atoms with E-state index in [9.17, 15) is 0 Å². The number of rotatable bonds is 7. The molecule has 1 aromatic rings. The highest BCUT2D eigenvalue weighted by Gasteiger charge is 2.24. The van der Waals surface area contributed by atoms with Crippen LogP contribution in [0.3, 0.4) is 0 Å². The number of hydrogen-bond acceptors (Lipinski definition) is 3. The van der Waals surface area contributed by atoms with E-state index in [2.05, 4.69) is 24.5 Å². The summed E-state index contributed by atoms with van der Waals surface area (Å²) in [6, 6.07) is 8.44. The van der Waals surface area contributed by atoms with E-state index in [-0.39, 0.29) is 6.04 Å². The molecular weight excluding hydrogens is 224 g/mol. The summed E-state index contributed by atoms with van der Waals surface area (Å²) in [6.45, 7) is 2.88. The van der Waals surface area contributed by atoms with Gasteiger partial charge in [-0.2, -0.15) is 0 Å². The van der Waals surface area contributed by atoms with Crippen molar-refractivity contribution < 1.29 is 4.74 Å². The smallest absolute Gasteiger partial charge is 0.124 e. The maximum atomic E-state index is 5.81. The molecule has 0 aromatic heterocycles. The van der Waals surface area contributed by atoms with Gasteiger partial charge in [-0.3, -0.25) is 11.3 Å². The molecule has 0 bridgehead atoms. The van der Waals surface area contributed by atoms with E-state index < -0.39 is 0 Å². The number of para-hydroxylation sites is 1. The van der Waals surface area contributed by atoms with Crippen molar-refractivity contribution in [3.05, 3.63) is 29.8 Å². The van der Waals surface area contributed by atoms with Crippen molar-refractivity contribution in [1.82, 2.24) is 5.43 Å². The van der Waals surface area contributed by atoms with Gasteiger partial charge in [0.25, 0.3) is 0 Å². The number of hydrogen-bond donors (Lipinski definition) is 2. The van der Waals surface area contributed by atoms with Gasteiger partial charge in [0.15, 0.2) is 0 Å². The molecule has 1 saturated carbocycles. The Kier molecular flexibility index (Phi) is 5.02. The van der Waals surface area contributed by atoms with E-state index in [4.69, 9.17) is 10.6 Å². The van der Waals surface area contributed by atoms with Crippen molar-refractivity contribution in [2.24, 2.45) is 11.8 Å². The van der Waals surface area contributed by atoms with Crippen LogP contribution in [0, 0.1) is 5.92 Å². The third kappa shape index (κ3) is 3.24. The van der Waals surface area contributed by atoms with Crippen molar-refractivity contribution in [2.45, 2.75) is 45.1 Å². The molecule has 3 N–H and O–H groups in total. The average Bonchev–Trinajstić information content (AvgIpc) is 2.36. The van der Waals surface area contributed by atoms with Gasteiger partial charge in [-0.1, -0.05) is 44.4 Å². The van der Waals surface area contributed by atoms with Crippen LogP contribution in [0.15, 0.2) is 24.3 Å². The number of nitrogens with one attached hydrogen (secondary N) is 1. The van der Waals surface area contributed by atoms with Gasteiger partial charge in [-0.05, 0) is 24.8 Å². The summed E-state index contributed by atoms with van der Waals surface area (Å²) in [7, 11) is 0. The molecule has 3 nitrogen and oxygen atoms in total. The van der Waals surface area contributed by atoms with Crippen LogP contribution in [0.4, 0.5) is 0 Å². The fourth-order valence-electron chi connectivity index (χ4n) is 2.46. The minimum atomic E-state index is 0.211. The Morgan fingerprint density at radius 1 is 1.39 bits per heavy atom. The lowest BCUT2D eigenvalue weighted by molar-refractivity contribution is 0.255. The number of nitrogens with two attached hydrogens (primary N) is 1. The van der Waals surface area contributed by atoms with E-state index in [1.54, 1.807) is 0 Å². The van der Waals surface area contributed by atoms with Crippen LogP contribution in [-0.2, 0) is 0 Å². The molecule has 2 rings (SSSR count). The maximum absolute atomic E-state index is 5.81. The van der Waals surface area contributed by atoms with E-state index in [0.29, 0.717) is 0 Å². The molecule has 3 heteroatoms. The molecule has 0 spiro atoms. The topological polar surface area (TPSA) is 47.3 Å². The van der Waals surface area contributed by atoms with Gasteiger partial charge in [0, 0.05) is 11.6 Å². The minimum Gasteiger partial charge on any atom is -0.493 e. The average molecular weight is 248 g/mol. The van der Waals surface area contributed by atoms with Gasteiger partial charge >= 0.3 is 0 Å². The molecule has 0 aliphatic heterocycles. The van der Waals surface area contributed by atoms with Gasteiger partial charge in [0.05, 0.1) is 6.61 Å². The molecule has 1 atom stereocenters. The second-order valence-electron chi connectivity index (χ2n) is 5.14. The second-order valence-corrected chi connectivity index (χ2v) is 5.14. The second kappa shape index (κ2) is 6.76. The summed E-state index contributed by atoms with van der Waals surface area (Å²) in [4.78, 5) is 0. The largest absolute Gasteiger partial charge is 0.493 e. The maximum Gasteiger partial charge on any atom is 0.124 e. The Hall–Kier alpha value is -1.06. The summed E-state index contributed by atoms with van der Waals surface area (Å²) < 4.78 is 5.81. The third-order valence-corrected chi connectivity index (χ3v) is 3.75. The molecule has 1 fully saturated rings. The zero-order chi connectivity index (χ0) is 12.8. The quantitative estimate of drug-likeness (QED) is 0.575. The standard InChI is InChI=1S/C15H24N2O/c1-2-10-18-15-9-4-3-8-13(15)14(17-16)11-12-6-5-7-12/h3-4,8-9,12,14,17H,2,5-7,10-11,16H2,1H3. The summed E-state index contributed by atoms with van der Waals surface area (Å²) in [5.74, 6) is 7.52. The van der Waals surface area contributed by atoms with Gasteiger partial charge in [0.1, 0.15) is 5.75 Å². The van der Waals surface area contributed by atoms with E-state index in [1.807, 2.05) is 12.1 Å². The van der Waals surface area contributed by atoms with Crippen LogP contribution < -0.4 is 16.0 Å². The van der Waals surface area contributed by atoms with Gasteiger partial charge in [0.2, 0.25) is 0 Å². The van der Waals surface area contributed by atoms with Crippen molar-refractivity contribution >= 4 is 0 Å². The first kappa shape index (κ1) is 13.4. The highest BCUT2D eigenvalue weighted by molar-refractivity contribution is 5.36. The lowest BCUT2D eigenvalue weighted by atomic mass is 9.79. The summed E-state index contributed by atoms with van der Waals surface area (Å²) in [6.07, 6.45) is 6.20. The normalized spacial score (nSPS) is 17.2. The fourth-order valence-corrected chi connectivity index (χ4v) is 2.46. The molecule has 1 aromatic carbocycles. The van der Waals surface area contributed by atoms with Crippen LogP contribution in [0.25, 0.3) is 0 Å². The first-order valence-corrected chi connectivity index (χ1v) is 7.03. The first-order valence-electron chi connectivity index (χ1n) is 7.03. The highest BCUT2D eigenvalue weighted by atomic mass is 16.5. The summed E-state index contributed by atoms with van der Waals surface area (Å²) in [5, 5.41) is 0. The number of ether oxygens (including phenoxy) is 1. The van der Waals surface area contributed by atoms with E-state index >= 15 is 0 Å². The Morgan fingerprint density at radius 3 is 2.78 bits per heavy atom. The Morgan fingerprint density at radius 2 is 2.17 bits per heavy atom. The third-order valence-electron chi connectivity index (χ3n) is 3.75. The van der Waals surface area contributed by atoms with Crippen molar-refractivity contribution in [2.75, 3.05) is 6.61 Å². The molecule has 0 amide bonds. The van der Waals surface area contributed by atoms with Gasteiger partial charge in [-0.25, -0.2) is 0 Å². The summed E-state index contributed by atoms with van der Waals surface area (Å²) in [5.41, 5.74) is 4.15. The summed E-state index contributed by atoms with van der Waals surface area (Å²) >= 11 is 0. The van der Waals surface area contributed by atoms with Crippen LogP contribution >= 0.6 is 0 Å². The molecule has 0 saturated heterocycles. The van der Waals surface area contributed by atoms with Crippen LogP contribution in [-0.4, -0.2) is 6.61 Å². The molecule has 100 valence electrons. The van der Waals surface area contributed by atoms with Crippen LogP contribution in [0.1, 0.15) is 50.6 Å². The molecule has 0 heterocycles. The van der Waals surface area contributed by atoms with Crippen molar-refractivity contribution in [3.63, 3.8) is 0 Å². The molecule has 0 radical (unpaired) electrons. The fraction of sp³-hybridized carbons (Fsp3) is 0.600. The SMILES string of the molecule is CCCOc1ccccc1C(CC1CCC1)NN. The van der Waals surface area contributed by atoms with Crippen LogP contribution in [0.5, 0.6) is 5.75 Å². The molecule has 18 heavy (non-hydrogen) atoms. The Labute approximate surface area is 110 Å². The zero-order valence-electron chi connectivity index (χ0n) is 11.2. The van der Waals surface area contributed by atoms with E-state index in [1.165, 1.54) is 24.8 Å². The Bertz CT molecular complexity index is 363. The minimum absolute atomic E-state index is 0.211.